The van der Waals surface area contributed by atoms with Crippen LogP contribution in [0.15, 0.2) is 139 Å². The van der Waals surface area contributed by atoms with Crippen molar-refractivity contribution >= 4 is 65.2 Å². The molecule has 2 nitrogen and oxygen atoms in total. The second-order valence-electron chi connectivity index (χ2n) is 10.4. The first-order chi connectivity index (χ1) is 21.5. The number of nitrogens with one attached hydrogen (secondary N) is 1. The first kappa shape index (κ1) is 18.0. The monoisotopic (exact) mass is 512 g/mol. The van der Waals surface area contributed by atoms with Crippen molar-refractivity contribution in [2.75, 3.05) is 0 Å². The molecule has 2 heterocycles. The third-order valence-corrected chi connectivity index (χ3v) is 8.17. The van der Waals surface area contributed by atoms with Crippen molar-refractivity contribution in [3.05, 3.63) is 139 Å². The number of H-pyrrole nitrogens is 1. The lowest BCUT2D eigenvalue weighted by Crippen LogP contribution is -1.94. The van der Waals surface area contributed by atoms with E-state index in [1.165, 1.54) is 0 Å². The molecule has 0 spiro atoms. The number of hydrogen-bond acceptors (Lipinski definition) is 0. The van der Waals surface area contributed by atoms with Crippen LogP contribution in [0.2, 0.25) is 0 Å². The van der Waals surface area contributed by atoms with Gasteiger partial charge in [0.2, 0.25) is 0 Å². The van der Waals surface area contributed by atoms with Gasteiger partial charge in [0.05, 0.1) is 16.5 Å². The van der Waals surface area contributed by atoms with Gasteiger partial charge in [-0.1, -0.05) is 103 Å². The number of rotatable bonds is 2. The Morgan fingerprint density at radius 1 is 0.500 bits per heavy atom. The summed E-state index contributed by atoms with van der Waals surface area (Å²) in [5.74, 6) is 0. The van der Waals surface area contributed by atoms with Gasteiger partial charge < -0.3 is 9.55 Å². The average molecular weight is 513 g/mol. The van der Waals surface area contributed by atoms with Gasteiger partial charge >= 0.3 is 0 Å². The molecule has 0 aliphatic heterocycles. The Hall–Kier alpha value is -5.34. The second-order valence-corrected chi connectivity index (χ2v) is 10.4. The Labute approximate surface area is 236 Å². The molecule has 0 fully saturated rings. The molecular formula is C38H24N2. The van der Waals surface area contributed by atoms with Gasteiger partial charge in [0, 0.05) is 38.3 Å². The fourth-order valence-corrected chi connectivity index (χ4v) is 6.37. The molecule has 0 radical (unpaired) electrons. The van der Waals surface area contributed by atoms with Crippen LogP contribution < -0.4 is 0 Å². The first-order valence-corrected chi connectivity index (χ1v) is 13.5. The molecule has 2 aromatic heterocycles. The summed E-state index contributed by atoms with van der Waals surface area (Å²) in [6, 6.07) is 38.3. The van der Waals surface area contributed by atoms with E-state index >= 15 is 0 Å². The molecule has 1 N–H and O–H groups in total. The summed E-state index contributed by atoms with van der Waals surface area (Å²) in [5.41, 5.74) is 4.91. The Bertz CT molecular complexity index is 2630. The van der Waals surface area contributed by atoms with Crippen molar-refractivity contribution in [1.29, 1.82) is 0 Å². The number of para-hydroxylation sites is 1. The quantitative estimate of drug-likeness (QED) is 0.238. The van der Waals surface area contributed by atoms with Crippen molar-refractivity contribution in [3.63, 3.8) is 0 Å². The van der Waals surface area contributed by atoms with E-state index in [2.05, 4.69) is 47.4 Å². The van der Waals surface area contributed by atoms with Crippen molar-refractivity contribution in [2.24, 2.45) is 0 Å². The summed E-state index contributed by atoms with van der Waals surface area (Å²) in [4.78, 5) is 3.55. The van der Waals surface area contributed by atoms with Crippen molar-refractivity contribution < 1.29 is 5.48 Å². The maximum Gasteiger partial charge on any atom is 0.0645 e. The summed E-state index contributed by atoms with van der Waals surface area (Å²) < 4.78 is 39.1. The van der Waals surface area contributed by atoms with Crippen LogP contribution in [0.5, 0.6) is 0 Å². The molecule has 2 heteroatoms. The van der Waals surface area contributed by atoms with E-state index in [9.17, 15) is 5.48 Å². The van der Waals surface area contributed by atoms with E-state index < -0.39 is 0 Å². The molecular weight excluding hydrogens is 484 g/mol. The van der Waals surface area contributed by atoms with Gasteiger partial charge in [0.1, 0.15) is 0 Å². The van der Waals surface area contributed by atoms with E-state index in [1.54, 1.807) is 0 Å². The normalized spacial score (nSPS) is 13.4. The largest absolute Gasteiger partial charge is 0.354 e. The molecule has 40 heavy (non-hydrogen) atoms. The Morgan fingerprint density at radius 2 is 1.20 bits per heavy atom. The lowest BCUT2D eigenvalue weighted by Gasteiger charge is -2.11. The molecule has 0 saturated heterocycles. The number of hydrogen-bond donors (Lipinski definition) is 1. The first-order valence-electron chi connectivity index (χ1n) is 15.5. The molecule has 0 aliphatic carbocycles. The van der Waals surface area contributed by atoms with E-state index in [0.29, 0.717) is 11.1 Å². The van der Waals surface area contributed by atoms with Crippen LogP contribution >= 0.6 is 0 Å². The second kappa shape index (κ2) is 8.08. The number of aromatic amines is 1. The van der Waals surface area contributed by atoms with E-state index in [1.807, 2.05) is 77.4 Å². The summed E-state index contributed by atoms with van der Waals surface area (Å²) in [6.45, 7) is 0. The van der Waals surface area contributed by atoms with E-state index in [-0.39, 0.29) is 29.9 Å². The van der Waals surface area contributed by atoms with Crippen molar-refractivity contribution in [1.82, 2.24) is 9.55 Å². The highest BCUT2D eigenvalue weighted by Gasteiger charge is 2.17. The van der Waals surface area contributed by atoms with Gasteiger partial charge in [-0.25, -0.2) is 0 Å². The van der Waals surface area contributed by atoms with Crippen LogP contribution in [0.1, 0.15) is 5.48 Å². The summed E-state index contributed by atoms with van der Waals surface area (Å²) >= 11 is 0. The summed E-state index contributed by atoms with van der Waals surface area (Å²) in [6.07, 6.45) is 0. The minimum Gasteiger partial charge on any atom is -0.354 e. The molecule has 9 aromatic rings. The van der Waals surface area contributed by atoms with Crippen molar-refractivity contribution in [3.8, 4) is 16.8 Å². The predicted molar refractivity (Wildman–Crippen MR) is 171 cm³/mol. The zero-order chi connectivity index (χ0) is 29.7. The summed E-state index contributed by atoms with van der Waals surface area (Å²) in [5, 5.41) is 8.33. The van der Waals surface area contributed by atoms with Crippen LogP contribution in [0, 0.1) is 0 Å². The molecule has 7 aromatic carbocycles. The Kier molecular flexibility index (Phi) is 3.64. The minimum atomic E-state index is -0.0716. The van der Waals surface area contributed by atoms with Gasteiger partial charge in [-0.2, -0.15) is 0 Å². The Balaban J connectivity index is 1.44. The smallest absolute Gasteiger partial charge is 0.0645 e. The standard InChI is InChI=1S/C38H24N2/c1-3-11-28-24(8-1)10-7-14-29(28)26-16-19-27(20-17-26)40-36-21-18-25-9-2-4-12-30(25)38(36)33-22-32-31-13-5-6-15-34(31)39-35(32)23-37(33)40/h1-23,39H/i16D,17D,19D,20D. The van der Waals surface area contributed by atoms with Crippen LogP contribution in [-0.2, 0) is 0 Å². The van der Waals surface area contributed by atoms with Crippen LogP contribution in [0.4, 0.5) is 0 Å². The van der Waals surface area contributed by atoms with Gasteiger partial charge in [-0.3, -0.25) is 0 Å². The molecule has 186 valence electrons. The average Bonchev–Trinajstić information content (AvgIpc) is 3.58. The van der Waals surface area contributed by atoms with Crippen LogP contribution in [-0.4, -0.2) is 9.55 Å². The zero-order valence-corrected chi connectivity index (χ0v) is 21.4. The molecule has 0 aliphatic rings. The highest BCUT2D eigenvalue weighted by molar-refractivity contribution is 6.25. The maximum absolute atomic E-state index is 9.35. The molecule has 0 unspecified atom stereocenters. The lowest BCUT2D eigenvalue weighted by atomic mass is 9.98. The zero-order valence-electron chi connectivity index (χ0n) is 25.4. The molecule has 0 atom stereocenters. The van der Waals surface area contributed by atoms with Gasteiger partial charge in [-0.05, 0) is 69.0 Å². The number of benzene rings is 7. The fraction of sp³-hybridized carbons (Fsp3) is 0. The van der Waals surface area contributed by atoms with Crippen molar-refractivity contribution in [2.45, 2.75) is 0 Å². The molecule has 9 rings (SSSR count). The highest BCUT2D eigenvalue weighted by atomic mass is 15.0. The minimum absolute atomic E-state index is 0.0557. The fourth-order valence-electron chi connectivity index (χ4n) is 6.37. The predicted octanol–water partition coefficient (Wildman–Crippen LogP) is 10.4. The number of aromatic nitrogens is 2. The van der Waals surface area contributed by atoms with Gasteiger partial charge in [0.25, 0.3) is 0 Å². The Morgan fingerprint density at radius 3 is 2.05 bits per heavy atom. The number of fused-ring (bicyclic) bond motifs is 9. The third kappa shape index (κ3) is 2.99. The third-order valence-electron chi connectivity index (χ3n) is 8.17. The molecule has 0 saturated carbocycles. The lowest BCUT2D eigenvalue weighted by molar-refractivity contribution is 1.18. The maximum atomic E-state index is 9.35. The van der Waals surface area contributed by atoms with Gasteiger partial charge in [0.15, 0.2) is 0 Å². The SMILES string of the molecule is [2H]c1c([2H])c(-n2c3cc4[nH]c5ccccc5c4cc3c3c4ccccc4ccc32)c([2H])c([2H])c1-c1cccc2ccccc12. The van der Waals surface area contributed by atoms with Crippen LogP contribution in [0.25, 0.3) is 82.0 Å². The summed E-state index contributed by atoms with van der Waals surface area (Å²) in [7, 11) is 0. The van der Waals surface area contributed by atoms with E-state index in [4.69, 9.17) is 0 Å². The van der Waals surface area contributed by atoms with Gasteiger partial charge in [-0.15, -0.1) is 0 Å². The molecule has 0 bridgehead atoms. The van der Waals surface area contributed by atoms with E-state index in [0.717, 1.165) is 65.2 Å². The highest BCUT2D eigenvalue weighted by Crippen LogP contribution is 2.40. The molecule has 0 amide bonds. The number of nitrogens with zero attached hydrogens (tertiary/aromatic N) is 1. The van der Waals surface area contributed by atoms with Crippen LogP contribution in [0.3, 0.4) is 0 Å². The topological polar surface area (TPSA) is 20.7 Å².